The summed E-state index contributed by atoms with van der Waals surface area (Å²) >= 11 is 0. The van der Waals surface area contributed by atoms with E-state index in [-0.39, 0.29) is 16.1 Å². The number of rotatable bonds is 5. The molecule has 0 saturated heterocycles. The Kier molecular flexibility index (Phi) is 5.18. The van der Waals surface area contributed by atoms with Crippen LogP contribution in [0, 0.1) is 12.7 Å². The lowest BCUT2D eigenvalue weighted by Gasteiger charge is -2.12. The standard InChI is InChI=1S/C19H16FN3O3S/c1-13-5-6-15(20)12-18(13)27(25,26)23-17-4-2-3-14(11-17)19(24)22-16-7-9-21-10-8-16/h2-12,23H,1H3,(H,21,22,24). The van der Waals surface area contributed by atoms with Crippen LogP contribution in [0.3, 0.4) is 0 Å². The largest absolute Gasteiger partial charge is 0.322 e. The van der Waals surface area contributed by atoms with Crippen LogP contribution < -0.4 is 10.0 Å². The second-order valence-corrected chi connectivity index (χ2v) is 7.44. The van der Waals surface area contributed by atoms with Gasteiger partial charge >= 0.3 is 0 Å². The van der Waals surface area contributed by atoms with E-state index in [9.17, 15) is 17.6 Å². The van der Waals surface area contributed by atoms with Crippen molar-refractivity contribution in [1.82, 2.24) is 4.98 Å². The molecule has 1 aromatic heterocycles. The molecule has 0 radical (unpaired) electrons. The lowest BCUT2D eigenvalue weighted by Crippen LogP contribution is -2.16. The van der Waals surface area contributed by atoms with Gasteiger partial charge in [0.1, 0.15) is 5.82 Å². The summed E-state index contributed by atoms with van der Waals surface area (Å²) in [5.41, 5.74) is 1.44. The number of carbonyl (C=O) groups is 1. The van der Waals surface area contributed by atoms with E-state index in [2.05, 4.69) is 15.0 Å². The number of hydrogen-bond acceptors (Lipinski definition) is 4. The van der Waals surface area contributed by atoms with Gasteiger partial charge in [0.2, 0.25) is 0 Å². The molecule has 2 N–H and O–H groups in total. The van der Waals surface area contributed by atoms with Crippen LogP contribution in [0.5, 0.6) is 0 Å². The van der Waals surface area contributed by atoms with Crippen molar-refractivity contribution in [3.8, 4) is 0 Å². The molecule has 0 aliphatic rings. The van der Waals surface area contributed by atoms with E-state index in [0.717, 1.165) is 6.07 Å². The van der Waals surface area contributed by atoms with Gasteiger partial charge in [-0.1, -0.05) is 12.1 Å². The summed E-state index contributed by atoms with van der Waals surface area (Å²) in [7, 11) is -4.00. The second-order valence-electron chi connectivity index (χ2n) is 5.79. The summed E-state index contributed by atoms with van der Waals surface area (Å²) in [6.07, 6.45) is 3.09. The number of halogens is 1. The molecule has 2 aromatic carbocycles. The van der Waals surface area contributed by atoms with Gasteiger partial charge in [-0.3, -0.25) is 14.5 Å². The van der Waals surface area contributed by atoms with Gasteiger partial charge in [0.05, 0.1) is 4.90 Å². The van der Waals surface area contributed by atoms with Gasteiger partial charge < -0.3 is 5.32 Å². The van der Waals surface area contributed by atoms with Crippen LogP contribution in [0.25, 0.3) is 0 Å². The van der Waals surface area contributed by atoms with E-state index in [0.29, 0.717) is 11.3 Å². The fraction of sp³-hybridized carbons (Fsp3) is 0.0526. The molecule has 1 amide bonds. The minimum atomic E-state index is -4.00. The Morgan fingerprint density at radius 3 is 2.48 bits per heavy atom. The van der Waals surface area contributed by atoms with Gasteiger partial charge in [-0.05, 0) is 55.0 Å². The number of benzene rings is 2. The monoisotopic (exact) mass is 385 g/mol. The summed E-state index contributed by atoms with van der Waals surface area (Å²) in [4.78, 5) is 16.1. The van der Waals surface area contributed by atoms with Crippen molar-refractivity contribution in [2.24, 2.45) is 0 Å². The summed E-state index contributed by atoms with van der Waals surface area (Å²) in [5.74, 6) is -1.05. The fourth-order valence-electron chi connectivity index (χ4n) is 2.44. The first-order valence-corrected chi connectivity index (χ1v) is 9.44. The van der Waals surface area contributed by atoms with Crippen LogP contribution in [-0.4, -0.2) is 19.3 Å². The van der Waals surface area contributed by atoms with Gasteiger partial charge in [-0.2, -0.15) is 0 Å². The molecule has 0 bridgehead atoms. The molecule has 3 rings (SSSR count). The Hall–Kier alpha value is -3.26. The van der Waals surface area contributed by atoms with Gasteiger partial charge in [0.15, 0.2) is 0 Å². The molecule has 0 unspecified atom stereocenters. The molecule has 3 aromatic rings. The van der Waals surface area contributed by atoms with E-state index in [1.165, 1.54) is 24.3 Å². The molecule has 1 heterocycles. The molecule has 0 atom stereocenters. The maximum atomic E-state index is 13.4. The number of amides is 1. The molecule has 0 aliphatic heterocycles. The van der Waals surface area contributed by atoms with Crippen LogP contribution in [0.2, 0.25) is 0 Å². The molecule has 8 heteroatoms. The normalized spacial score (nSPS) is 11.0. The van der Waals surface area contributed by atoms with E-state index >= 15 is 0 Å². The Bertz CT molecular complexity index is 1090. The number of aromatic nitrogens is 1. The molecule has 138 valence electrons. The highest BCUT2D eigenvalue weighted by molar-refractivity contribution is 7.92. The first-order chi connectivity index (χ1) is 12.8. The summed E-state index contributed by atoms with van der Waals surface area (Å²) in [6, 6.07) is 12.8. The molecule has 0 fully saturated rings. The summed E-state index contributed by atoms with van der Waals surface area (Å²) < 4.78 is 40.9. The van der Waals surface area contributed by atoms with Crippen molar-refractivity contribution in [3.63, 3.8) is 0 Å². The molecular weight excluding hydrogens is 369 g/mol. The van der Waals surface area contributed by atoms with Crippen molar-refractivity contribution < 1.29 is 17.6 Å². The molecule has 6 nitrogen and oxygen atoms in total. The molecular formula is C19H16FN3O3S. The quantitative estimate of drug-likeness (QED) is 0.703. The van der Waals surface area contributed by atoms with Crippen LogP contribution in [0.15, 0.2) is 71.9 Å². The SMILES string of the molecule is Cc1ccc(F)cc1S(=O)(=O)Nc1cccc(C(=O)Nc2ccncc2)c1. The topological polar surface area (TPSA) is 88.2 Å². The Balaban J connectivity index is 1.83. The predicted molar refractivity (Wildman–Crippen MR) is 101 cm³/mol. The number of aryl methyl sites for hydroxylation is 1. The van der Waals surface area contributed by atoms with E-state index in [4.69, 9.17) is 0 Å². The van der Waals surface area contributed by atoms with Crippen molar-refractivity contribution in [3.05, 3.63) is 83.9 Å². The lowest BCUT2D eigenvalue weighted by atomic mass is 10.2. The Morgan fingerprint density at radius 2 is 1.74 bits per heavy atom. The third-order valence-corrected chi connectivity index (χ3v) is 5.28. The predicted octanol–water partition coefficient (Wildman–Crippen LogP) is 3.58. The van der Waals surface area contributed by atoms with Crippen LogP contribution in [0.1, 0.15) is 15.9 Å². The lowest BCUT2D eigenvalue weighted by molar-refractivity contribution is 0.102. The van der Waals surface area contributed by atoms with Gasteiger partial charge in [0.25, 0.3) is 15.9 Å². The molecule has 0 aliphatic carbocycles. The van der Waals surface area contributed by atoms with Crippen LogP contribution in [-0.2, 0) is 10.0 Å². The third-order valence-electron chi connectivity index (χ3n) is 3.75. The van der Waals surface area contributed by atoms with Crippen molar-refractivity contribution in [2.75, 3.05) is 10.0 Å². The zero-order valence-corrected chi connectivity index (χ0v) is 15.1. The van der Waals surface area contributed by atoms with Crippen molar-refractivity contribution >= 4 is 27.3 Å². The third kappa shape index (κ3) is 4.48. The first-order valence-electron chi connectivity index (χ1n) is 7.95. The average Bonchev–Trinajstić information content (AvgIpc) is 2.64. The van der Waals surface area contributed by atoms with E-state index in [1.54, 1.807) is 43.6 Å². The second kappa shape index (κ2) is 7.55. The first kappa shape index (κ1) is 18.5. The summed E-state index contributed by atoms with van der Waals surface area (Å²) in [5, 5.41) is 2.69. The minimum absolute atomic E-state index is 0.158. The minimum Gasteiger partial charge on any atom is -0.322 e. The highest BCUT2D eigenvalue weighted by atomic mass is 32.2. The highest BCUT2D eigenvalue weighted by Crippen LogP contribution is 2.21. The highest BCUT2D eigenvalue weighted by Gasteiger charge is 2.18. The van der Waals surface area contributed by atoms with Crippen LogP contribution >= 0.6 is 0 Å². The number of sulfonamides is 1. The molecule has 27 heavy (non-hydrogen) atoms. The van der Waals surface area contributed by atoms with Crippen molar-refractivity contribution in [2.45, 2.75) is 11.8 Å². The molecule has 0 spiro atoms. The number of nitrogens with one attached hydrogen (secondary N) is 2. The summed E-state index contributed by atoms with van der Waals surface area (Å²) in [6.45, 7) is 1.58. The number of carbonyl (C=O) groups excluding carboxylic acids is 1. The number of hydrogen-bond donors (Lipinski definition) is 2. The smallest absolute Gasteiger partial charge is 0.262 e. The number of anilines is 2. The average molecular weight is 385 g/mol. The zero-order chi connectivity index (χ0) is 19.4. The van der Waals surface area contributed by atoms with E-state index in [1.807, 2.05) is 0 Å². The van der Waals surface area contributed by atoms with Crippen molar-refractivity contribution in [1.29, 1.82) is 0 Å². The number of nitrogens with zero attached hydrogens (tertiary/aromatic N) is 1. The fourth-order valence-corrected chi connectivity index (χ4v) is 3.74. The van der Waals surface area contributed by atoms with Gasteiger partial charge in [-0.25, -0.2) is 12.8 Å². The Labute approximate surface area is 156 Å². The maximum Gasteiger partial charge on any atom is 0.262 e. The molecule has 0 saturated carbocycles. The van der Waals surface area contributed by atoms with Crippen LogP contribution in [0.4, 0.5) is 15.8 Å². The maximum absolute atomic E-state index is 13.4. The van der Waals surface area contributed by atoms with Gasteiger partial charge in [0, 0.05) is 29.3 Å². The van der Waals surface area contributed by atoms with Gasteiger partial charge in [-0.15, -0.1) is 0 Å². The Morgan fingerprint density at radius 1 is 1.00 bits per heavy atom. The number of pyridine rings is 1. The van der Waals surface area contributed by atoms with E-state index < -0.39 is 21.7 Å². The zero-order valence-electron chi connectivity index (χ0n) is 14.3.